The van der Waals surface area contributed by atoms with Crippen molar-refractivity contribution in [1.82, 2.24) is 25.2 Å². The number of hydrogen-bond donors (Lipinski definition) is 1. The smallest absolute Gasteiger partial charge is 0.364 e. The van der Waals surface area contributed by atoms with Crippen molar-refractivity contribution in [1.29, 1.82) is 0 Å². The van der Waals surface area contributed by atoms with Crippen LogP contribution in [0.25, 0.3) is 0 Å². The lowest BCUT2D eigenvalue weighted by molar-refractivity contribution is -0.291. The molecule has 0 aliphatic heterocycles. The molecule has 0 aromatic carbocycles. The zero-order valence-corrected chi connectivity index (χ0v) is 12.4. The van der Waals surface area contributed by atoms with Gasteiger partial charge in [0.25, 0.3) is 0 Å². The summed E-state index contributed by atoms with van der Waals surface area (Å²) in [5.41, 5.74) is -1.75. The number of nitrogens with one attached hydrogen (secondary N) is 1. The highest BCUT2D eigenvalue weighted by atomic mass is 19.4. The predicted molar refractivity (Wildman–Crippen MR) is 72.3 cm³/mol. The van der Waals surface area contributed by atoms with Crippen molar-refractivity contribution in [3.05, 3.63) is 30.2 Å². The second-order valence-corrected chi connectivity index (χ2v) is 5.69. The van der Waals surface area contributed by atoms with Crippen molar-refractivity contribution in [2.75, 3.05) is 5.32 Å². The molecule has 1 aliphatic rings. The highest BCUT2D eigenvalue weighted by Gasteiger charge is 2.60. The molecule has 0 bridgehead atoms. The Kier molecular flexibility index (Phi) is 3.68. The number of alkyl halides is 5. The average Bonchev–Trinajstić information content (AvgIpc) is 3.14. The molecule has 2 heterocycles. The fourth-order valence-electron chi connectivity index (χ4n) is 2.51. The van der Waals surface area contributed by atoms with Crippen LogP contribution in [-0.2, 0) is 11.5 Å². The van der Waals surface area contributed by atoms with Crippen molar-refractivity contribution < 1.29 is 22.0 Å². The van der Waals surface area contributed by atoms with Gasteiger partial charge >= 0.3 is 12.1 Å². The second-order valence-electron chi connectivity index (χ2n) is 5.69. The normalized spacial score (nSPS) is 18.2. The van der Waals surface area contributed by atoms with Crippen molar-refractivity contribution in [2.45, 2.75) is 43.4 Å². The number of nitrogens with zero attached hydrogens (tertiary/aromatic N) is 5. The summed E-state index contributed by atoms with van der Waals surface area (Å²) in [4.78, 5) is 0. The third kappa shape index (κ3) is 2.67. The molecular weight excluding hydrogens is 335 g/mol. The molecule has 24 heavy (non-hydrogen) atoms. The van der Waals surface area contributed by atoms with Crippen LogP contribution < -0.4 is 5.32 Å². The molecule has 0 spiro atoms. The largest absolute Gasteiger partial charge is 0.459 e. The van der Waals surface area contributed by atoms with E-state index in [0.29, 0.717) is 6.07 Å². The van der Waals surface area contributed by atoms with Gasteiger partial charge in [0.1, 0.15) is 11.5 Å². The SMILES string of the molecule is CC(Nc1ccc(C(F)(F)C(F)(F)F)nn1)C1(n2ccnn2)CC1. The Bertz CT molecular complexity index is 693. The van der Waals surface area contributed by atoms with E-state index >= 15 is 0 Å². The maximum Gasteiger partial charge on any atom is 0.459 e. The molecule has 0 saturated heterocycles. The van der Waals surface area contributed by atoms with Crippen LogP contribution in [-0.4, -0.2) is 37.4 Å². The summed E-state index contributed by atoms with van der Waals surface area (Å²) in [7, 11) is 0. The van der Waals surface area contributed by atoms with Gasteiger partial charge in [0.2, 0.25) is 0 Å². The summed E-state index contributed by atoms with van der Waals surface area (Å²) in [5.74, 6) is -4.93. The van der Waals surface area contributed by atoms with Crippen molar-refractivity contribution in [3.63, 3.8) is 0 Å². The summed E-state index contributed by atoms with van der Waals surface area (Å²) in [6, 6.07) is 1.47. The van der Waals surface area contributed by atoms with Crippen LogP contribution in [0.5, 0.6) is 0 Å². The van der Waals surface area contributed by atoms with E-state index < -0.39 is 17.8 Å². The average molecular weight is 348 g/mol. The van der Waals surface area contributed by atoms with Gasteiger partial charge in [-0.2, -0.15) is 22.0 Å². The van der Waals surface area contributed by atoms with Gasteiger partial charge in [-0.1, -0.05) is 5.21 Å². The number of rotatable bonds is 5. The van der Waals surface area contributed by atoms with Crippen LogP contribution in [0.2, 0.25) is 0 Å². The van der Waals surface area contributed by atoms with Crippen molar-refractivity contribution in [3.8, 4) is 0 Å². The maximum atomic E-state index is 13.2. The van der Waals surface area contributed by atoms with Crippen LogP contribution >= 0.6 is 0 Å². The number of halogens is 5. The van der Waals surface area contributed by atoms with Gasteiger partial charge < -0.3 is 5.32 Å². The monoisotopic (exact) mass is 348 g/mol. The van der Waals surface area contributed by atoms with E-state index in [0.717, 1.165) is 18.9 Å². The van der Waals surface area contributed by atoms with Gasteiger partial charge in [-0.25, -0.2) is 4.68 Å². The van der Waals surface area contributed by atoms with Gasteiger partial charge in [0, 0.05) is 6.20 Å². The first-order chi connectivity index (χ1) is 11.2. The lowest BCUT2D eigenvalue weighted by Crippen LogP contribution is -2.37. The standard InChI is InChI=1S/C13H13F5N6/c1-8(11(4-5-11)24-7-6-19-23-24)20-10-3-2-9(21-22-10)12(14,15)13(16,17)18/h2-3,6-8H,4-5H2,1H3,(H,20,22). The molecule has 3 rings (SSSR count). The van der Waals surface area contributed by atoms with Crippen LogP contribution in [0, 0.1) is 0 Å². The van der Waals surface area contributed by atoms with Crippen molar-refractivity contribution in [2.24, 2.45) is 0 Å². The Morgan fingerprint density at radius 1 is 1.17 bits per heavy atom. The summed E-state index contributed by atoms with van der Waals surface area (Å²) in [6.07, 6.45) is -0.788. The highest BCUT2D eigenvalue weighted by molar-refractivity contribution is 5.36. The maximum absolute atomic E-state index is 13.2. The quantitative estimate of drug-likeness (QED) is 0.842. The topological polar surface area (TPSA) is 68.5 Å². The molecule has 0 amide bonds. The fourth-order valence-corrected chi connectivity index (χ4v) is 2.51. The number of anilines is 1. The minimum Gasteiger partial charge on any atom is -0.364 e. The molecule has 1 fully saturated rings. The Labute approximate surface area is 133 Å². The third-order valence-corrected chi connectivity index (χ3v) is 4.15. The summed E-state index contributed by atoms with van der Waals surface area (Å²) >= 11 is 0. The molecule has 6 nitrogen and oxygen atoms in total. The highest BCUT2D eigenvalue weighted by Crippen LogP contribution is 2.47. The van der Waals surface area contributed by atoms with E-state index in [2.05, 4.69) is 25.8 Å². The Hall–Kier alpha value is -2.33. The minimum atomic E-state index is -5.71. The second kappa shape index (κ2) is 5.35. The van der Waals surface area contributed by atoms with Gasteiger partial charge in [-0.05, 0) is 31.9 Å². The molecular formula is C13H13F5N6. The first kappa shape index (κ1) is 16.5. The lowest BCUT2D eigenvalue weighted by atomic mass is 10.1. The number of aromatic nitrogens is 5. The van der Waals surface area contributed by atoms with E-state index in [1.807, 2.05) is 6.92 Å². The zero-order valence-electron chi connectivity index (χ0n) is 12.4. The van der Waals surface area contributed by atoms with Crippen LogP contribution in [0.1, 0.15) is 25.5 Å². The van der Waals surface area contributed by atoms with Gasteiger partial charge in [-0.15, -0.1) is 15.3 Å². The number of hydrogen-bond acceptors (Lipinski definition) is 5. The Balaban J connectivity index is 1.73. The Morgan fingerprint density at radius 3 is 2.33 bits per heavy atom. The van der Waals surface area contributed by atoms with Gasteiger partial charge in [0.15, 0.2) is 0 Å². The van der Waals surface area contributed by atoms with Crippen LogP contribution in [0.3, 0.4) is 0 Å². The molecule has 1 saturated carbocycles. The van der Waals surface area contributed by atoms with Gasteiger partial charge in [0.05, 0.1) is 17.8 Å². The molecule has 1 N–H and O–H groups in total. The van der Waals surface area contributed by atoms with E-state index in [-0.39, 0.29) is 17.4 Å². The Morgan fingerprint density at radius 2 is 1.88 bits per heavy atom. The summed E-state index contributed by atoms with van der Waals surface area (Å²) in [5, 5.41) is 17.1. The molecule has 130 valence electrons. The van der Waals surface area contributed by atoms with E-state index in [1.54, 1.807) is 17.1 Å². The molecule has 0 radical (unpaired) electrons. The molecule has 1 unspecified atom stereocenters. The third-order valence-electron chi connectivity index (χ3n) is 4.15. The molecule has 1 aliphatic carbocycles. The minimum absolute atomic E-state index is 0.107. The first-order valence-corrected chi connectivity index (χ1v) is 7.09. The van der Waals surface area contributed by atoms with Crippen LogP contribution in [0.15, 0.2) is 24.5 Å². The fraction of sp³-hybridized carbons (Fsp3) is 0.538. The first-order valence-electron chi connectivity index (χ1n) is 7.09. The summed E-state index contributed by atoms with van der Waals surface area (Å²) in [6.45, 7) is 1.84. The predicted octanol–water partition coefficient (Wildman–Crippen LogP) is 2.71. The summed E-state index contributed by atoms with van der Waals surface area (Å²) < 4.78 is 65.0. The van der Waals surface area contributed by atoms with Crippen LogP contribution in [0.4, 0.5) is 27.8 Å². The van der Waals surface area contributed by atoms with E-state index in [9.17, 15) is 22.0 Å². The molecule has 2 aromatic rings. The zero-order chi connectivity index (χ0) is 17.6. The molecule has 1 atom stereocenters. The van der Waals surface area contributed by atoms with Crippen molar-refractivity contribution >= 4 is 5.82 Å². The molecule has 11 heteroatoms. The van der Waals surface area contributed by atoms with Gasteiger partial charge in [-0.3, -0.25) is 0 Å². The lowest BCUT2D eigenvalue weighted by Gasteiger charge is -2.25. The van der Waals surface area contributed by atoms with E-state index in [4.69, 9.17) is 0 Å². The van der Waals surface area contributed by atoms with E-state index in [1.165, 1.54) is 0 Å². The molecule has 2 aromatic heterocycles.